The van der Waals surface area contributed by atoms with Crippen LogP contribution in [0, 0.1) is 5.92 Å². The molecule has 0 N–H and O–H groups in total. The van der Waals surface area contributed by atoms with Gasteiger partial charge in [0.2, 0.25) is 5.91 Å². The molecule has 22 heavy (non-hydrogen) atoms. The number of aryl methyl sites for hydroxylation is 1. The molecule has 0 saturated carbocycles. The molecule has 7 nitrogen and oxygen atoms in total. The molecule has 1 aromatic heterocycles. The minimum absolute atomic E-state index is 0.237. The molecule has 3 fully saturated rings. The summed E-state index contributed by atoms with van der Waals surface area (Å²) in [7, 11) is 1.75. The number of amides is 1. The standard InChI is InChI=1S/C15H25N5O2/c1-22-7-6-18-8-13-2-3-14(18)10-19(9-13)15(21)4-5-20-12-16-11-17-20/h11-14H,2-10H2,1H3/t13-,14-/m1/s1. The maximum Gasteiger partial charge on any atom is 0.224 e. The number of hydrogen-bond acceptors (Lipinski definition) is 5. The summed E-state index contributed by atoms with van der Waals surface area (Å²) in [6, 6.07) is 0.490. The van der Waals surface area contributed by atoms with Crippen LogP contribution in [0.2, 0.25) is 0 Å². The zero-order valence-electron chi connectivity index (χ0n) is 13.2. The highest BCUT2D eigenvalue weighted by Crippen LogP contribution is 2.28. The van der Waals surface area contributed by atoms with Crippen molar-refractivity contribution in [2.24, 2.45) is 5.92 Å². The second kappa shape index (κ2) is 7.19. The molecule has 0 aliphatic carbocycles. The monoisotopic (exact) mass is 307 g/mol. The van der Waals surface area contributed by atoms with Crippen LogP contribution in [0.5, 0.6) is 0 Å². The summed E-state index contributed by atoms with van der Waals surface area (Å²) >= 11 is 0. The summed E-state index contributed by atoms with van der Waals surface area (Å²) in [6.45, 7) is 5.20. The number of ether oxygens (including phenoxy) is 1. The van der Waals surface area contributed by atoms with Gasteiger partial charge in [0.1, 0.15) is 12.7 Å². The Morgan fingerprint density at radius 2 is 2.18 bits per heavy atom. The van der Waals surface area contributed by atoms with E-state index in [1.807, 2.05) is 0 Å². The van der Waals surface area contributed by atoms with Crippen LogP contribution in [-0.2, 0) is 16.1 Å². The van der Waals surface area contributed by atoms with Gasteiger partial charge in [0.05, 0.1) is 13.2 Å². The van der Waals surface area contributed by atoms with E-state index in [9.17, 15) is 4.79 Å². The number of hydrogen-bond donors (Lipinski definition) is 0. The summed E-state index contributed by atoms with van der Waals surface area (Å²) in [6.07, 6.45) is 6.10. The van der Waals surface area contributed by atoms with Gasteiger partial charge in [-0.1, -0.05) is 0 Å². The van der Waals surface area contributed by atoms with Gasteiger partial charge in [-0.25, -0.2) is 4.98 Å². The molecule has 0 aromatic carbocycles. The van der Waals surface area contributed by atoms with Gasteiger partial charge in [0.15, 0.2) is 0 Å². The lowest BCUT2D eigenvalue weighted by atomic mass is 9.95. The summed E-state index contributed by atoms with van der Waals surface area (Å²) in [5, 5.41) is 4.05. The number of nitrogens with zero attached hydrogens (tertiary/aromatic N) is 5. The Morgan fingerprint density at radius 3 is 2.95 bits per heavy atom. The Bertz CT molecular complexity index is 478. The van der Waals surface area contributed by atoms with E-state index in [-0.39, 0.29) is 5.91 Å². The molecular formula is C15H25N5O2. The Morgan fingerprint density at radius 1 is 1.27 bits per heavy atom. The minimum Gasteiger partial charge on any atom is -0.383 e. The average molecular weight is 307 g/mol. The van der Waals surface area contributed by atoms with Crippen molar-refractivity contribution in [3.63, 3.8) is 0 Å². The molecule has 0 spiro atoms. The Balaban J connectivity index is 1.55. The second-order valence-electron chi connectivity index (χ2n) is 6.29. The second-order valence-corrected chi connectivity index (χ2v) is 6.29. The maximum atomic E-state index is 12.5. The topological polar surface area (TPSA) is 63.5 Å². The third-order valence-electron chi connectivity index (χ3n) is 4.78. The quantitative estimate of drug-likeness (QED) is 0.753. The number of piperidine rings is 1. The molecule has 7 heteroatoms. The maximum absolute atomic E-state index is 12.5. The molecule has 3 saturated heterocycles. The van der Waals surface area contributed by atoms with Crippen molar-refractivity contribution in [1.82, 2.24) is 24.6 Å². The van der Waals surface area contributed by atoms with E-state index in [4.69, 9.17) is 4.74 Å². The first-order chi connectivity index (χ1) is 10.8. The number of fused-ring (bicyclic) bond motifs is 4. The summed E-state index contributed by atoms with van der Waals surface area (Å²) in [4.78, 5) is 21.0. The molecule has 1 aromatic rings. The summed E-state index contributed by atoms with van der Waals surface area (Å²) in [5.41, 5.74) is 0. The molecule has 2 atom stereocenters. The van der Waals surface area contributed by atoms with Gasteiger partial charge >= 0.3 is 0 Å². The Kier molecular flexibility index (Phi) is 5.04. The van der Waals surface area contributed by atoms with Crippen LogP contribution in [-0.4, -0.2) is 76.4 Å². The van der Waals surface area contributed by atoms with Gasteiger partial charge in [-0.15, -0.1) is 0 Å². The van der Waals surface area contributed by atoms with Crippen LogP contribution < -0.4 is 0 Å². The Hall–Kier alpha value is -1.47. The van der Waals surface area contributed by atoms with Crippen LogP contribution in [0.4, 0.5) is 0 Å². The molecule has 0 radical (unpaired) electrons. The van der Waals surface area contributed by atoms with Crippen LogP contribution in [0.3, 0.4) is 0 Å². The molecule has 0 unspecified atom stereocenters. The molecular weight excluding hydrogens is 282 g/mol. The van der Waals surface area contributed by atoms with Crippen LogP contribution in [0.15, 0.2) is 12.7 Å². The molecule has 2 bridgehead atoms. The van der Waals surface area contributed by atoms with Crippen molar-refractivity contribution in [2.75, 3.05) is 39.9 Å². The normalized spacial score (nSPS) is 25.4. The van der Waals surface area contributed by atoms with Crippen LogP contribution >= 0.6 is 0 Å². The molecule has 122 valence electrons. The Labute approximate surface area is 131 Å². The molecule has 4 rings (SSSR count). The van der Waals surface area contributed by atoms with Crippen LogP contribution in [0.25, 0.3) is 0 Å². The lowest BCUT2D eigenvalue weighted by Crippen LogP contribution is -2.45. The van der Waals surface area contributed by atoms with Gasteiger partial charge in [0, 0.05) is 45.8 Å². The number of carbonyl (C=O) groups is 1. The predicted molar refractivity (Wildman–Crippen MR) is 81.2 cm³/mol. The van der Waals surface area contributed by atoms with E-state index < -0.39 is 0 Å². The van der Waals surface area contributed by atoms with Gasteiger partial charge in [-0.05, 0) is 18.8 Å². The van der Waals surface area contributed by atoms with E-state index >= 15 is 0 Å². The zero-order valence-corrected chi connectivity index (χ0v) is 13.2. The highest BCUT2D eigenvalue weighted by molar-refractivity contribution is 5.76. The van der Waals surface area contributed by atoms with E-state index in [0.717, 1.165) is 32.8 Å². The van der Waals surface area contributed by atoms with Crippen LogP contribution in [0.1, 0.15) is 19.3 Å². The van der Waals surface area contributed by atoms with Crippen molar-refractivity contribution in [2.45, 2.75) is 31.8 Å². The number of rotatable bonds is 6. The van der Waals surface area contributed by atoms with Crippen molar-refractivity contribution in [1.29, 1.82) is 0 Å². The fraction of sp³-hybridized carbons (Fsp3) is 0.800. The molecule has 3 aliphatic heterocycles. The SMILES string of the molecule is COCCN1C[C@H]2CC[C@@H]1CN(C(=O)CCn1cncn1)C2. The predicted octanol–water partition coefficient (Wildman–Crippen LogP) is 0.237. The fourth-order valence-corrected chi connectivity index (χ4v) is 3.58. The summed E-state index contributed by atoms with van der Waals surface area (Å²) in [5.74, 6) is 0.840. The number of methoxy groups -OCH3 is 1. The highest BCUT2D eigenvalue weighted by atomic mass is 16.5. The first-order valence-corrected chi connectivity index (χ1v) is 8.09. The molecule has 4 heterocycles. The van der Waals surface area contributed by atoms with Crippen molar-refractivity contribution >= 4 is 5.91 Å². The largest absolute Gasteiger partial charge is 0.383 e. The van der Waals surface area contributed by atoms with E-state index in [1.54, 1.807) is 18.1 Å². The lowest BCUT2D eigenvalue weighted by Gasteiger charge is -2.35. The highest BCUT2D eigenvalue weighted by Gasteiger charge is 2.35. The van der Waals surface area contributed by atoms with Crippen molar-refractivity contribution < 1.29 is 9.53 Å². The van der Waals surface area contributed by atoms with Gasteiger partial charge in [-0.2, -0.15) is 5.10 Å². The minimum atomic E-state index is 0.237. The van der Waals surface area contributed by atoms with Gasteiger partial charge < -0.3 is 9.64 Å². The smallest absolute Gasteiger partial charge is 0.224 e. The van der Waals surface area contributed by atoms with Gasteiger partial charge in [0.25, 0.3) is 0 Å². The number of aromatic nitrogens is 3. The van der Waals surface area contributed by atoms with Gasteiger partial charge in [-0.3, -0.25) is 14.4 Å². The number of carbonyl (C=O) groups excluding carboxylic acids is 1. The first-order valence-electron chi connectivity index (χ1n) is 8.09. The first kappa shape index (κ1) is 15.4. The van der Waals surface area contributed by atoms with Crippen molar-refractivity contribution in [3.05, 3.63) is 12.7 Å². The third-order valence-corrected chi connectivity index (χ3v) is 4.78. The van der Waals surface area contributed by atoms with E-state index in [2.05, 4.69) is 19.9 Å². The lowest BCUT2D eigenvalue weighted by molar-refractivity contribution is -0.131. The zero-order chi connectivity index (χ0) is 15.4. The molecule has 1 amide bonds. The molecule has 3 aliphatic rings. The average Bonchev–Trinajstić information content (AvgIpc) is 2.89. The van der Waals surface area contributed by atoms with E-state index in [1.165, 1.54) is 19.2 Å². The summed E-state index contributed by atoms with van der Waals surface area (Å²) < 4.78 is 6.93. The van der Waals surface area contributed by atoms with E-state index in [0.29, 0.717) is 24.9 Å². The third kappa shape index (κ3) is 3.64. The van der Waals surface area contributed by atoms with Crippen molar-refractivity contribution in [3.8, 4) is 0 Å². The fourth-order valence-electron chi connectivity index (χ4n) is 3.58.